The molecule has 0 atom stereocenters. The average molecular weight is 356 g/mol. The number of amides is 1. The van der Waals surface area contributed by atoms with Gasteiger partial charge < -0.3 is 14.6 Å². The Morgan fingerprint density at radius 2 is 1.92 bits per heavy atom. The van der Waals surface area contributed by atoms with Gasteiger partial charge in [-0.1, -0.05) is 18.2 Å². The average Bonchev–Trinajstić information content (AvgIpc) is 2.51. The summed E-state index contributed by atoms with van der Waals surface area (Å²) in [6.45, 7) is -1.03. The molecule has 1 N–H and O–H groups in total. The number of aromatic nitrogens is 1. The molecule has 1 amide bonds. The molecule has 0 aliphatic heterocycles. The van der Waals surface area contributed by atoms with Gasteiger partial charge in [-0.2, -0.15) is 13.2 Å². The molecule has 1 aromatic heterocycles. The number of H-pyrrole nitrogens is 1. The normalized spacial score (nSPS) is 11.4. The van der Waals surface area contributed by atoms with E-state index < -0.39 is 36.7 Å². The van der Waals surface area contributed by atoms with Gasteiger partial charge in [0.25, 0.3) is 5.91 Å². The predicted octanol–water partition coefficient (Wildman–Crippen LogP) is 2.10. The highest BCUT2D eigenvalue weighted by molar-refractivity contribution is 6.06. The van der Waals surface area contributed by atoms with Gasteiger partial charge in [0, 0.05) is 17.0 Å². The molecule has 1 heterocycles. The van der Waals surface area contributed by atoms with E-state index in [1.54, 1.807) is 12.1 Å². The molecule has 0 fully saturated rings. The Hall–Kier alpha value is -2.84. The molecule has 25 heavy (non-hydrogen) atoms. The number of nitrogens with zero attached hydrogens (tertiary/aromatic N) is 1. The fraction of sp³-hybridized carbons (Fsp3) is 0.312. The van der Waals surface area contributed by atoms with E-state index in [1.165, 1.54) is 19.1 Å². The summed E-state index contributed by atoms with van der Waals surface area (Å²) < 4.78 is 43.0. The second-order valence-corrected chi connectivity index (χ2v) is 5.17. The van der Waals surface area contributed by atoms with Crippen molar-refractivity contribution in [2.24, 2.45) is 0 Å². The van der Waals surface area contributed by atoms with E-state index in [4.69, 9.17) is 0 Å². The van der Waals surface area contributed by atoms with Crippen molar-refractivity contribution in [3.05, 3.63) is 46.2 Å². The van der Waals surface area contributed by atoms with Crippen molar-refractivity contribution in [2.75, 3.05) is 19.7 Å². The first-order valence-electron chi connectivity index (χ1n) is 7.35. The minimum atomic E-state index is -4.71. The molecular formula is C16H15F3N2O4. The third-order valence-corrected chi connectivity index (χ3v) is 3.26. The number of pyridine rings is 1. The van der Waals surface area contributed by atoms with E-state index in [9.17, 15) is 27.6 Å². The van der Waals surface area contributed by atoms with Crippen LogP contribution in [-0.4, -0.2) is 47.6 Å². The van der Waals surface area contributed by atoms with Gasteiger partial charge in [-0.3, -0.25) is 14.4 Å². The summed E-state index contributed by atoms with van der Waals surface area (Å²) in [5.74, 6) is -2.04. The number of hydrogen-bond acceptors (Lipinski definition) is 4. The number of para-hydroxylation sites is 1. The molecule has 0 unspecified atom stereocenters. The highest BCUT2D eigenvalue weighted by atomic mass is 19.4. The minimum Gasteiger partial charge on any atom is -0.465 e. The van der Waals surface area contributed by atoms with Crippen molar-refractivity contribution >= 4 is 22.8 Å². The summed E-state index contributed by atoms with van der Waals surface area (Å²) in [5.41, 5.74) is -0.542. The largest absolute Gasteiger partial charge is 0.465 e. The molecule has 0 radical (unpaired) electrons. The third-order valence-electron chi connectivity index (χ3n) is 3.26. The highest BCUT2D eigenvalue weighted by Crippen LogP contribution is 2.21. The summed E-state index contributed by atoms with van der Waals surface area (Å²) in [7, 11) is 0. The van der Waals surface area contributed by atoms with Crippen LogP contribution in [0.4, 0.5) is 13.2 Å². The fourth-order valence-electron chi connectivity index (χ4n) is 2.33. The van der Waals surface area contributed by atoms with Gasteiger partial charge in [-0.15, -0.1) is 0 Å². The van der Waals surface area contributed by atoms with Crippen molar-refractivity contribution in [1.29, 1.82) is 0 Å². The second kappa shape index (κ2) is 7.37. The molecule has 2 aromatic rings. The van der Waals surface area contributed by atoms with Crippen molar-refractivity contribution in [1.82, 2.24) is 9.88 Å². The predicted molar refractivity (Wildman–Crippen MR) is 83.2 cm³/mol. The van der Waals surface area contributed by atoms with Crippen LogP contribution in [0.25, 0.3) is 10.9 Å². The van der Waals surface area contributed by atoms with Crippen LogP contribution >= 0.6 is 0 Å². The maximum absolute atomic E-state index is 12.8. The number of aromatic amines is 1. The monoisotopic (exact) mass is 356 g/mol. The topological polar surface area (TPSA) is 79.5 Å². The van der Waals surface area contributed by atoms with Crippen molar-refractivity contribution in [2.45, 2.75) is 13.1 Å². The minimum absolute atomic E-state index is 0.0270. The molecule has 0 aliphatic carbocycles. The molecule has 134 valence electrons. The summed E-state index contributed by atoms with van der Waals surface area (Å²) in [4.78, 5) is 38.7. The molecule has 6 nitrogen and oxygen atoms in total. The number of hydrogen-bond donors (Lipinski definition) is 1. The quantitative estimate of drug-likeness (QED) is 0.832. The van der Waals surface area contributed by atoms with Crippen LogP contribution in [0.5, 0.6) is 0 Å². The zero-order chi connectivity index (χ0) is 18.6. The van der Waals surface area contributed by atoms with Crippen LogP contribution in [0.15, 0.2) is 35.1 Å². The van der Waals surface area contributed by atoms with Crippen LogP contribution in [0.1, 0.15) is 17.3 Å². The molecule has 1 aromatic carbocycles. The van der Waals surface area contributed by atoms with Crippen molar-refractivity contribution < 1.29 is 27.5 Å². The number of carbonyl (C=O) groups is 2. The first-order chi connectivity index (χ1) is 11.7. The van der Waals surface area contributed by atoms with E-state index in [1.807, 2.05) is 0 Å². The summed E-state index contributed by atoms with van der Waals surface area (Å²) in [5, 5.41) is 0.281. The number of halogens is 3. The van der Waals surface area contributed by atoms with Crippen LogP contribution in [0.3, 0.4) is 0 Å². The van der Waals surface area contributed by atoms with Crippen LogP contribution in [0, 0.1) is 0 Å². The maximum atomic E-state index is 12.8. The molecule has 9 heteroatoms. The lowest BCUT2D eigenvalue weighted by Crippen LogP contribution is -2.42. The number of ether oxygens (including phenoxy) is 1. The molecular weight excluding hydrogens is 341 g/mol. The molecule has 0 saturated carbocycles. The van der Waals surface area contributed by atoms with Crippen molar-refractivity contribution in [3.8, 4) is 0 Å². The van der Waals surface area contributed by atoms with E-state index >= 15 is 0 Å². The van der Waals surface area contributed by atoms with Gasteiger partial charge in [-0.25, -0.2) is 0 Å². The number of rotatable bonds is 5. The third kappa shape index (κ3) is 4.82. The zero-order valence-corrected chi connectivity index (χ0v) is 13.2. The SMILES string of the molecule is CCOC(=O)CN(CC(F)(F)F)C(=O)c1cc(=O)[nH]c2ccccc12. The Morgan fingerprint density at radius 1 is 1.24 bits per heavy atom. The van der Waals surface area contributed by atoms with Crippen LogP contribution in [0.2, 0.25) is 0 Å². The molecule has 2 rings (SSSR count). The fourth-order valence-corrected chi connectivity index (χ4v) is 2.33. The number of nitrogens with one attached hydrogen (secondary N) is 1. The molecule has 0 spiro atoms. The first-order valence-corrected chi connectivity index (χ1v) is 7.35. The van der Waals surface area contributed by atoms with Gasteiger partial charge >= 0.3 is 12.1 Å². The molecule has 0 saturated heterocycles. The van der Waals surface area contributed by atoms with Gasteiger partial charge in [0.05, 0.1) is 12.2 Å². The standard InChI is InChI=1S/C16H15F3N2O4/c1-2-25-14(23)8-21(9-16(17,18)19)15(24)11-7-13(22)20-12-6-4-3-5-10(11)12/h3-7H,2,8-9H2,1H3,(H,20,22). The van der Waals surface area contributed by atoms with Crippen molar-refractivity contribution in [3.63, 3.8) is 0 Å². The molecule has 0 bridgehead atoms. The summed E-state index contributed by atoms with van der Waals surface area (Å²) >= 11 is 0. The lowest BCUT2D eigenvalue weighted by molar-refractivity contribution is -0.153. The van der Waals surface area contributed by atoms with Crippen LogP contribution < -0.4 is 5.56 Å². The van der Waals surface area contributed by atoms with E-state index in [0.29, 0.717) is 10.4 Å². The Balaban J connectivity index is 2.45. The highest BCUT2D eigenvalue weighted by Gasteiger charge is 2.35. The zero-order valence-electron chi connectivity index (χ0n) is 13.2. The summed E-state index contributed by atoms with van der Waals surface area (Å²) in [6, 6.07) is 7.12. The number of benzene rings is 1. The van der Waals surface area contributed by atoms with Gasteiger partial charge in [0.2, 0.25) is 5.56 Å². The molecule has 0 aliphatic rings. The lowest BCUT2D eigenvalue weighted by Gasteiger charge is -2.23. The first kappa shape index (κ1) is 18.5. The van der Waals surface area contributed by atoms with Gasteiger partial charge in [0.15, 0.2) is 0 Å². The Kier molecular flexibility index (Phi) is 5.45. The number of carbonyl (C=O) groups excluding carboxylic acids is 2. The smallest absolute Gasteiger partial charge is 0.406 e. The summed E-state index contributed by atoms with van der Waals surface area (Å²) in [6.07, 6.45) is -4.71. The van der Waals surface area contributed by atoms with E-state index in [-0.39, 0.29) is 17.6 Å². The van der Waals surface area contributed by atoms with Gasteiger partial charge in [-0.05, 0) is 13.0 Å². The number of esters is 1. The Labute approximate surface area is 140 Å². The second-order valence-electron chi connectivity index (χ2n) is 5.17. The lowest BCUT2D eigenvalue weighted by atomic mass is 10.1. The van der Waals surface area contributed by atoms with E-state index in [0.717, 1.165) is 6.07 Å². The maximum Gasteiger partial charge on any atom is 0.406 e. The Morgan fingerprint density at radius 3 is 2.56 bits per heavy atom. The van der Waals surface area contributed by atoms with Gasteiger partial charge in [0.1, 0.15) is 13.1 Å². The van der Waals surface area contributed by atoms with E-state index in [2.05, 4.69) is 9.72 Å². The number of alkyl halides is 3. The Bertz CT molecular complexity index is 845. The number of fused-ring (bicyclic) bond motifs is 1. The van der Waals surface area contributed by atoms with Crippen LogP contribution in [-0.2, 0) is 9.53 Å².